The first-order valence-corrected chi connectivity index (χ1v) is 5.21. The molecule has 0 saturated heterocycles. The Labute approximate surface area is 90.9 Å². The van der Waals surface area contributed by atoms with Crippen LogP contribution in [0.1, 0.15) is 36.8 Å². The highest BCUT2D eigenvalue weighted by atomic mass is 16.5. The van der Waals surface area contributed by atoms with Crippen molar-refractivity contribution in [2.75, 3.05) is 13.7 Å². The molecule has 0 aromatic carbocycles. The predicted octanol–water partition coefficient (Wildman–Crippen LogP) is 1.42. The van der Waals surface area contributed by atoms with Crippen LogP contribution in [-0.2, 0) is 6.42 Å². The average Bonchev–Trinajstić information content (AvgIpc) is 2.19. The Hall–Kier alpha value is -1.16. The van der Waals surface area contributed by atoms with Gasteiger partial charge in [-0.25, -0.2) is 4.98 Å². The molecule has 0 spiro atoms. The van der Waals surface area contributed by atoms with Crippen LogP contribution in [-0.4, -0.2) is 23.6 Å². The molecule has 0 amide bonds. The Balaban J connectivity index is 3.26. The molecule has 0 unspecified atom stereocenters. The number of aromatic nitrogens is 2. The molecular formula is C11H19N3O. The van der Waals surface area contributed by atoms with E-state index in [1.807, 2.05) is 6.92 Å². The molecule has 0 aliphatic carbocycles. The summed E-state index contributed by atoms with van der Waals surface area (Å²) in [7, 11) is 1.63. The summed E-state index contributed by atoms with van der Waals surface area (Å²) in [6, 6.07) is 0. The fourth-order valence-electron chi connectivity index (χ4n) is 1.62. The molecule has 0 aliphatic heterocycles. The van der Waals surface area contributed by atoms with Crippen molar-refractivity contribution in [2.45, 2.75) is 33.1 Å². The Morgan fingerprint density at radius 2 is 2.00 bits per heavy atom. The molecule has 1 aromatic heterocycles. The van der Waals surface area contributed by atoms with Gasteiger partial charge in [-0.15, -0.1) is 0 Å². The van der Waals surface area contributed by atoms with Crippen molar-refractivity contribution in [3.8, 4) is 5.88 Å². The zero-order chi connectivity index (χ0) is 11.4. The number of hydrogen-bond donors (Lipinski definition) is 1. The van der Waals surface area contributed by atoms with Crippen LogP contribution in [0.3, 0.4) is 0 Å². The number of ether oxygens (including phenoxy) is 1. The van der Waals surface area contributed by atoms with E-state index in [1.54, 1.807) is 7.11 Å². The van der Waals surface area contributed by atoms with E-state index in [9.17, 15) is 0 Å². The summed E-state index contributed by atoms with van der Waals surface area (Å²) in [5.74, 6) is 1.77. The molecule has 1 rings (SSSR count). The van der Waals surface area contributed by atoms with E-state index in [2.05, 4.69) is 23.8 Å². The maximum atomic E-state index is 5.58. The summed E-state index contributed by atoms with van der Waals surface area (Å²) >= 11 is 0. The van der Waals surface area contributed by atoms with Crippen molar-refractivity contribution in [1.82, 2.24) is 9.97 Å². The third-order valence-electron chi connectivity index (χ3n) is 2.25. The minimum absolute atomic E-state index is 0.363. The van der Waals surface area contributed by atoms with Crippen molar-refractivity contribution in [2.24, 2.45) is 5.73 Å². The lowest BCUT2D eigenvalue weighted by molar-refractivity contribution is 0.388. The molecule has 4 nitrogen and oxygen atoms in total. The van der Waals surface area contributed by atoms with Gasteiger partial charge in [-0.3, -0.25) is 0 Å². The van der Waals surface area contributed by atoms with Gasteiger partial charge in [-0.2, -0.15) is 4.98 Å². The minimum Gasteiger partial charge on any atom is -0.481 e. The van der Waals surface area contributed by atoms with Gasteiger partial charge in [0.25, 0.3) is 0 Å². The van der Waals surface area contributed by atoms with Gasteiger partial charge in [-0.05, 0) is 25.8 Å². The molecule has 1 aromatic rings. The SMILES string of the molecule is COc1nc(C)nc(C(C)C)c1CCN. The van der Waals surface area contributed by atoms with Crippen molar-refractivity contribution in [3.63, 3.8) is 0 Å². The fourth-order valence-corrected chi connectivity index (χ4v) is 1.62. The zero-order valence-corrected chi connectivity index (χ0v) is 9.87. The average molecular weight is 209 g/mol. The van der Waals surface area contributed by atoms with E-state index in [-0.39, 0.29) is 0 Å². The Morgan fingerprint density at radius 1 is 1.33 bits per heavy atom. The largest absolute Gasteiger partial charge is 0.481 e. The highest BCUT2D eigenvalue weighted by Crippen LogP contribution is 2.24. The van der Waals surface area contributed by atoms with Crippen molar-refractivity contribution < 1.29 is 4.74 Å². The van der Waals surface area contributed by atoms with Crippen LogP contribution in [0.4, 0.5) is 0 Å². The fraction of sp³-hybridized carbons (Fsp3) is 0.636. The number of nitrogens with zero attached hydrogens (tertiary/aromatic N) is 2. The van der Waals surface area contributed by atoms with E-state index in [0.717, 1.165) is 23.5 Å². The normalized spacial score (nSPS) is 10.8. The number of rotatable bonds is 4. The van der Waals surface area contributed by atoms with Gasteiger partial charge in [0.1, 0.15) is 5.82 Å². The number of methoxy groups -OCH3 is 1. The number of hydrogen-bond acceptors (Lipinski definition) is 4. The quantitative estimate of drug-likeness (QED) is 0.814. The third kappa shape index (κ3) is 2.65. The molecule has 84 valence electrons. The molecule has 0 aliphatic rings. The number of aryl methyl sites for hydroxylation is 1. The summed E-state index contributed by atoms with van der Waals surface area (Å²) in [4.78, 5) is 8.72. The third-order valence-corrected chi connectivity index (χ3v) is 2.25. The number of nitrogens with two attached hydrogens (primary N) is 1. The van der Waals surface area contributed by atoms with E-state index in [1.165, 1.54) is 0 Å². The van der Waals surface area contributed by atoms with Crippen LogP contribution in [0, 0.1) is 6.92 Å². The van der Waals surface area contributed by atoms with Crippen molar-refractivity contribution in [3.05, 3.63) is 17.1 Å². The first kappa shape index (κ1) is 11.9. The molecule has 4 heteroatoms. The smallest absolute Gasteiger partial charge is 0.219 e. The minimum atomic E-state index is 0.363. The molecule has 0 bridgehead atoms. The van der Waals surface area contributed by atoms with Crippen LogP contribution in [0.5, 0.6) is 5.88 Å². The van der Waals surface area contributed by atoms with Gasteiger partial charge < -0.3 is 10.5 Å². The maximum Gasteiger partial charge on any atom is 0.219 e. The highest BCUT2D eigenvalue weighted by Gasteiger charge is 2.15. The monoisotopic (exact) mass is 209 g/mol. The van der Waals surface area contributed by atoms with Gasteiger partial charge in [0.05, 0.1) is 12.8 Å². The lowest BCUT2D eigenvalue weighted by Crippen LogP contribution is -2.12. The summed E-state index contributed by atoms with van der Waals surface area (Å²) in [5.41, 5.74) is 7.67. The lowest BCUT2D eigenvalue weighted by atomic mass is 10.0. The molecule has 1 heterocycles. The first-order chi connectivity index (χ1) is 7.10. The summed E-state index contributed by atoms with van der Waals surface area (Å²) in [6.07, 6.45) is 0.761. The van der Waals surface area contributed by atoms with Gasteiger partial charge in [0, 0.05) is 5.56 Å². The second-order valence-electron chi connectivity index (χ2n) is 3.84. The molecule has 0 radical (unpaired) electrons. The zero-order valence-electron chi connectivity index (χ0n) is 9.87. The maximum absolute atomic E-state index is 5.58. The Kier molecular flexibility index (Phi) is 4.03. The van der Waals surface area contributed by atoms with Gasteiger partial charge in [-0.1, -0.05) is 13.8 Å². The van der Waals surface area contributed by atoms with Crippen LogP contribution in [0.2, 0.25) is 0 Å². The Bertz CT molecular complexity index is 337. The molecular weight excluding hydrogens is 190 g/mol. The first-order valence-electron chi connectivity index (χ1n) is 5.21. The van der Waals surface area contributed by atoms with E-state index >= 15 is 0 Å². The van der Waals surface area contributed by atoms with E-state index in [4.69, 9.17) is 10.5 Å². The van der Waals surface area contributed by atoms with Gasteiger partial charge >= 0.3 is 0 Å². The van der Waals surface area contributed by atoms with Crippen LogP contribution in [0.25, 0.3) is 0 Å². The van der Waals surface area contributed by atoms with Crippen LogP contribution in [0.15, 0.2) is 0 Å². The summed E-state index contributed by atoms with van der Waals surface area (Å²) in [5, 5.41) is 0. The van der Waals surface area contributed by atoms with Crippen LogP contribution >= 0.6 is 0 Å². The van der Waals surface area contributed by atoms with Crippen molar-refractivity contribution in [1.29, 1.82) is 0 Å². The second-order valence-corrected chi connectivity index (χ2v) is 3.84. The summed E-state index contributed by atoms with van der Waals surface area (Å²) in [6.45, 7) is 6.69. The van der Waals surface area contributed by atoms with Crippen LogP contribution < -0.4 is 10.5 Å². The van der Waals surface area contributed by atoms with E-state index < -0.39 is 0 Å². The summed E-state index contributed by atoms with van der Waals surface area (Å²) < 4.78 is 5.26. The van der Waals surface area contributed by atoms with E-state index in [0.29, 0.717) is 18.3 Å². The molecule has 0 fully saturated rings. The van der Waals surface area contributed by atoms with Crippen molar-refractivity contribution >= 4 is 0 Å². The molecule has 2 N–H and O–H groups in total. The highest BCUT2D eigenvalue weighted by molar-refractivity contribution is 5.33. The molecule has 0 saturated carbocycles. The Morgan fingerprint density at radius 3 is 2.47 bits per heavy atom. The second kappa shape index (κ2) is 5.07. The lowest BCUT2D eigenvalue weighted by Gasteiger charge is -2.14. The molecule has 15 heavy (non-hydrogen) atoms. The van der Waals surface area contributed by atoms with Gasteiger partial charge in [0.2, 0.25) is 5.88 Å². The molecule has 0 atom stereocenters. The topological polar surface area (TPSA) is 61.0 Å². The standard InChI is InChI=1S/C11H19N3O/c1-7(2)10-9(5-6-12)11(15-4)14-8(3)13-10/h7H,5-6,12H2,1-4H3. The predicted molar refractivity (Wildman–Crippen MR) is 60.2 cm³/mol. The van der Waals surface area contributed by atoms with Gasteiger partial charge in [0.15, 0.2) is 0 Å².